The standard InChI is InChI=1S/C14H19FN4/c1-3-19-13(7-10(2)18-19)9-14(17-16)11-5-4-6-12(15)8-11/h4-8,14,17H,3,9,16H2,1-2H3. The first kappa shape index (κ1) is 13.7. The van der Waals surface area contributed by atoms with Crippen LogP contribution in [0.5, 0.6) is 0 Å². The first-order valence-electron chi connectivity index (χ1n) is 6.39. The fourth-order valence-corrected chi connectivity index (χ4v) is 2.24. The van der Waals surface area contributed by atoms with Crippen molar-refractivity contribution in [2.75, 3.05) is 0 Å². The molecule has 102 valence electrons. The molecule has 2 aromatic rings. The van der Waals surface area contributed by atoms with Crippen LogP contribution >= 0.6 is 0 Å². The van der Waals surface area contributed by atoms with Crippen molar-refractivity contribution in [2.24, 2.45) is 5.84 Å². The van der Waals surface area contributed by atoms with Crippen LogP contribution in [0.2, 0.25) is 0 Å². The molecular formula is C14H19FN4. The minimum absolute atomic E-state index is 0.128. The third-order valence-electron chi connectivity index (χ3n) is 3.15. The summed E-state index contributed by atoms with van der Waals surface area (Å²) in [6.07, 6.45) is 0.675. The summed E-state index contributed by atoms with van der Waals surface area (Å²) < 4.78 is 15.2. The van der Waals surface area contributed by atoms with Gasteiger partial charge in [0.15, 0.2) is 0 Å². The molecule has 0 amide bonds. The molecule has 0 radical (unpaired) electrons. The summed E-state index contributed by atoms with van der Waals surface area (Å²) in [6.45, 7) is 4.81. The van der Waals surface area contributed by atoms with Crippen LogP contribution in [-0.4, -0.2) is 9.78 Å². The molecular weight excluding hydrogens is 243 g/mol. The lowest BCUT2D eigenvalue weighted by Crippen LogP contribution is -2.30. The Morgan fingerprint density at radius 2 is 2.21 bits per heavy atom. The van der Waals surface area contributed by atoms with Gasteiger partial charge in [0.25, 0.3) is 0 Å². The third kappa shape index (κ3) is 3.19. The van der Waals surface area contributed by atoms with E-state index in [4.69, 9.17) is 5.84 Å². The van der Waals surface area contributed by atoms with E-state index >= 15 is 0 Å². The van der Waals surface area contributed by atoms with Crippen LogP contribution in [0.15, 0.2) is 30.3 Å². The van der Waals surface area contributed by atoms with E-state index in [1.165, 1.54) is 12.1 Å². The van der Waals surface area contributed by atoms with Crippen LogP contribution in [0.3, 0.4) is 0 Å². The number of aryl methyl sites for hydroxylation is 2. The van der Waals surface area contributed by atoms with Crippen molar-refractivity contribution in [1.82, 2.24) is 15.2 Å². The van der Waals surface area contributed by atoms with Gasteiger partial charge in [0, 0.05) is 18.7 Å². The normalized spacial score (nSPS) is 12.6. The summed E-state index contributed by atoms with van der Waals surface area (Å²) in [6, 6.07) is 8.40. The van der Waals surface area contributed by atoms with Gasteiger partial charge < -0.3 is 0 Å². The number of nitrogens with two attached hydrogens (primary N) is 1. The van der Waals surface area contributed by atoms with Gasteiger partial charge in [-0.3, -0.25) is 16.0 Å². The molecule has 19 heavy (non-hydrogen) atoms. The highest BCUT2D eigenvalue weighted by Crippen LogP contribution is 2.19. The molecule has 4 nitrogen and oxygen atoms in total. The Morgan fingerprint density at radius 1 is 1.42 bits per heavy atom. The number of halogens is 1. The summed E-state index contributed by atoms with van der Waals surface area (Å²) in [5.41, 5.74) is 5.65. The van der Waals surface area contributed by atoms with Crippen LogP contribution in [0.4, 0.5) is 4.39 Å². The van der Waals surface area contributed by atoms with Gasteiger partial charge in [0.2, 0.25) is 0 Å². The van der Waals surface area contributed by atoms with Crippen molar-refractivity contribution >= 4 is 0 Å². The fraction of sp³-hybridized carbons (Fsp3) is 0.357. The summed E-state index contributed by atoms with van der Waals surface area (Å²) in [7, 11) is 0. The largest absolute Gasteiger partial charge is 0.271 e. The van der Waals surface area contributed by atoms with Crippen LogP contribution in [0.25, 0.3) is 0 Å². The Hall–Kier alpha value is -1.72. The molecule has 3 N–H and O–H groups in total. The van der Waals surface area contributed by atoms with E-state index in [9.17, 15) is 4.39 Å². The fourth-order valence-electron chi connectivity index (χ4n) is 2.24. The molecule has 1 unspecified atom stereocenters. The number of hydrazine groups is 1. The molecule has 2 rings (SSSR count). The Balaban J connectivity index is 2.23. The Kier molecular flexibility index (Phi) is 4.29. The number of hydrogen-bond acceptors (Lipinski definition) is 3. The van der Waals surface area contributed by atoms with E-state index < -0.39 is 0 Å². The van der Waals surface area contributed by atoms with Gasteiger partial charge in [-0.25, -0.2) is 4.39 Å². The highest BCUT2D eigenvalue weighted by molar-refractivity contribution is 5.22. The topological polar surface area (TPSA) is 55.9 Å². The Bertz CT molecular complexity index is 550. The van der Waals surface area contributed by atoms with Crippen molar-refractivity contribution in [1.29, 1.82) is 0 Å². The zero-order valence-corrected chi connectivity index (χ0v) is 11.2. The maximum absolute atomic E-state index is 13.3. The van der Waals surface area contributed by atoms with E-state index in [1.54, 1.807) is 6.07 Å². The van der Waals surface area contributed by atoms with E-state index in [-0.39, 0.29) is 11.9 Å². The second-order valence-corrected chi connectivity index (χ2v) is 4.57. The second-order valence-electron chi connectivity index (χ2n) is 4.57. The smallest absolute Gasteiger partial charge is 0.123 e. The van der Waals surface area contributed by atoms with Gasteiger partial charge in [0.1, 0.15) is 5.82 Å². The maximum Gasteiger partial charge on any atom is 0.123 e. The van der Waals surface area contributed by atoms with Gasteiger partial charge >= 0.3 is 0 Å². The van der Waals surface area contributed by atoms with Crippen LogP contribution < -0.4 is 11.3 Å². The second kappa shape index (κ2) is 5.95. The minimum atomic E-state index is -0.252. The maximum atomic E-state index is 13.3. The predicted octanol–water partition coefficient (Wildman–Crippen LogP) is 2.10. The zero-order chi connectivity index (χ0) is 13.8. The monoisotopic (exact) mass is 262 g/mol. The molecule has 0 spiro atoms. The van der Waals surface area contributed by atoms with E-state index in [1.807, 2.05) is 30.7 Å². The van der Waals surface area contributed by atoms with E-state index in [0.717, 1.165) is 23.5 Å². The first-order chi connectivity index (χ1) is 9.13. The number of nitrogens with zero attached hydrogens (tertiary/aromatic N) is 2. The average Bonchev–Trinajstić information content (AvgIpc) is 2.76. The van der Waals surface area contributed by atoms with Crippen LogP contribution in [0.1, 0.15) is 29.9 Å². The summed E-state index contributed by atoms with van der Waals surface area (Å²) in [4.78, 5) is 0. The summed E-state index contributed by atoms with van der Waals surface area (Å²) in [5.74, 6) is 5.35. The van der Waals surface area contributed by atoms with Crippen molar-refractivity contribution in [2.45, 2.75) is 32.9 Å². The predicted molar refractivity (Wildman–Crippen MR) is 72.8 cm³/mol. The lowest BCUT2D eigenvalue weighted by molar-refractivity contribution is 0.513. The van der Waals surface area contributed by atoms with E-state index in [2.05, 4.69) is 10.5 Å². The molecule has 1 aromatic carbocycles. The summed E-state index contributed by atoms with van der Waals surface area (Å²) >= 11 is 0. The Labute approximate surface area is 112 Å². The van der Waals surface area contributed by atoms with Gasteiger partial charge in [-0.1, -0.05) is 12.1 Å². The summed E-state index contributed by atoms with van der Waals surface area (Å²) in [5, 5.41) is 4.40. The molecule has 0 aliphatic heterocycles. The Morgan fingerprint density at radius 3 is 2.84 bits per heavy atom. The van der Waals surface area contributed by atoms with Crippen LogP contribution in [0, 0.1) is 12.7 Å². The van der Waals surface area contributed by atoms with Gasteiger partial charge in [-0.15, -0.1) is 0 Å². The van der Waals surface area contributed by atoms with Crippen molar-refractivity contribution < 1.29 is 4.39 Å². The lowest BCUT2D eigenvalue weighted by atomic mass is 10.0. The van der Waals surface area contributed by atoms with Gasteiger partial charge in [-0.2, -0.15) is 5.10 Å². The number of hydrogen-bond donors (Lipinski definition) is 2. The molecule has 1 atom stereocenters. The van der Waals surface area contributed by atoms with E-state index in [0.29, 0.717) is 6.42 Å². The van der Waals surface area contributed by atoms with Crippen molar-refractivity contribution in [3.63, 3.8) is 0 Å². The van der Waals surface area contributed by atoms with Gasteiger partial charge in [0.05, 0.1) is 11.7 Å². The highest BCUT2D eigenvalue weighted by Gasteiger charge is 2.14. The highest BCUT2D eigenvalue weighted by atomic mass is 19.1. The molecule has 0 aliphatic carbocycles. The minimum Gasteiger partial charge on any atom is -0.271 e. The molecule has 0 fully saturated rings. The molecule has 1 heterocycles. The molecule has 5 heteroatoms. The number of nitrogens with one attached hydrogen (secondary N) is 1. The number of benzene rings is 1. The molecule has 0 aliphatic rings. The average molecular weight is 262 g/mol. The number of rotatable bonds is 5. The van der Waals surface area contributed by atoms with Crippen LogP contribution in [-0.2, 0) is 13.0 Å². The van der Waals surface area contributed by atoms with Gasteiger partial charge in [-0.05, 0) is 37.6 Å². The molecule has 1 aromatic heterocycles. The van der Waals surface area contributed by atoms with Crippen molar-refractivity contribution in [3.8, 4) is 0 Å². The first-order valence-corrected chi connectivity index (χ1v) is 6.39. The molecule has 0 saturated heterocycles. The molecule has 0 bridgehead atoms. The lowest BCUT2D eigenvalue weighted by Gasteiger charge is -2.17. The zero-order valence-electron chi connectivity index (χ0n) is 11.2. The SMILES string of the molecule is CCn1nc(C)cc1CC(NN)c1cccc(F)c1. The quantitative estimate of drug-likeness (QED) is 0.641. The number of aromatic nitrogens is 2. The van der Waals surface area contributed by atoms with Crippen molar-refractivity contribution in [3.05, 3.63) is 53.1 Å². The third-order valence-corrected chi connectivity index (χ3v) is 3.15. The molecule has 0 saturated carbocycles.